The molecule has 1 aromatic heterocycles. The predicted octanol–water partition coefficient (Wildman–Crippen LogP) is 4.18. The second-order valence-electron chi connectivity index (χ2n) is 8.05. The van der Waals surface area contributed by atoms with E-state index in [0.29, 0.717) is 18.3 Å². The third kappa shape index (κ3) is 4.94. The Labute approximate surface area is 182 Å². The molecule has 0 aliphatic carbocycles. The number of aromatic nitrogens is 2. The number of benzene rings is 2. The molecule has 4 rings (SSSR count). The number of likely N-dealkylation sites (tertiary alicyclic amines) is 1. The highest BCUT2D eigenvalue weighted by Gasteiger charge is 2.26. The van der Waals surface area contributed by atoms with Crippen molar-refractivity contribution < 1.29 is 14.1 Å². The second kappa shape index (κ2) is 9.31. The molecule has 1 aliphatic heterocycles. The number of nitrogens with zero attached hydrogens (tertiary/aromatic N) is 3. The zero-order chi connectivity index (χ0) is 21.8. The number of carbonyl (C=O) groups is 1. The Bertz CT molecular complexity index is 1020. The summed E-state index contributed by atoms with van der Waals surface area (Å²) < 4.78 is 10.7. The minimum atomic E-state index is 0.0235. The quantitative estimate of drug-likeness (QED) is 0.644. The molecule has 3 aromatic rings. The molecule has 162 valence electrons. The predicted molar refractivity (Wildman–Crippen MR) is 119 cm³/mol. The minimum Gasteiger partial charge on any atom is -0.497 e. The monoisotopic (exact) mass is 420 g/mol. The summed E-state index contributed by atoms with van der Waals surface area (Å²) in [6.45, 7) is 6.06. The zero-order valence-corrected chi connectivity index (χ0v) is 18.2. The first-order valence-corrected chi connectivity index (χ1v) is 10.6. The lowest BCUT2D eigenvalue weighted by molar-refractivity contribution is -0.117. The number of amides is 1. The van der Waals surface area contributed by atoms with Gasteiger partial charge in [0, 0.05) is 17.2 Å². The van der Waals surface area contributed by atoms with Gasteiger partial charge in [0.2, 0.25) is 17.6 Å². The summed E-state index contributed by atoms with van der Waals surface area (Å²) in [5, 5.41) is 7.21. The fraction of sp³-hybridized carbons (Fsp3) is 0.375. The van der Waals surface area contributed by atoms with Gasteiger partial charge in [-0.2, -0.15) is 4.98 Å². The highest BCUT2D eigenvalue weighted by Crippen LogP contribution is 2.29. The Morgan fingerprint density at radius 3 is 2.45 bits per heavy atom. The van der Waals surface area contributed by atoms with Crippen LogP contribution >= 0.6 is 0 Å². The van der Waals surface area contributed by atoms with Crippen LogP contribution in [0.4, 0.5) is 5.69 Å². The van der Waals surface area contributed by atoms with Crippen LogP contribution in [0.2, 0.25) is 0 Å². The molecule has 7 nitrogen and oxygen atoms in total. The molecule has 1 N–H and O–H groups in total. The molecule has 0 spiro atoms. The highest BCUT2D eigenvalue weighted by molar-refractivity contribution is 5.93. The van der Waals surface area contributed by atoms with Gasteiger partial charge in [-0.3, -0.25) is 9.69 Å². The lowest BCUT2D eigenvalue weighted by Gasteiger charge is -2.29. The van der Waals surface area contributed by atoms with Crippen LogP contribution in [0.3, 0.4) is 0 Å². The third-order valence-corrected chi connectivity index (χ3v) is 5.84. The molecule has 0 saturated carbocycles. The number of para-hydroxylation sites is 1. The van der Waals surface area contributed by atoms with Gasteiger partial charge < -0.3 is 14.6 Å². The van der Waals surface area contributed by atoms with Crippen molar-refractivity contribution in [1.82, 2.24) is 15.0 Å². The number of hydrogen-bond donors (Lipinski definition) is 1. The van der Waals surface area contributed by atoms with Gasteiger partial charge in [-0.15, -0.1) is 0 Å². The fourth-order valence-corrected chi connectivity index (χ4v) is 3.99. The Kier molecular flexibility index (Phi) is 6.32. The number of ether oxygens (including phenoxy) is 1. The van der Waals surface area contributed by atoms with Gasteiger partial charge in [0.05, 0.1) is 13.7 Å². The molecule has 31 heavy (non-hydrogen) atoms. The molecular weight excluding hydrogens is 392 g/mol. The van der Waals surface area contributed by atoms with E-state index in [2.05, 4.69) is 20.4 Å². The van der Waals surface area contributed by atoms with E-state index in [1.54, 1.807) is 7.11 Å². The molecule has 0 bridgehead atoms. The van der Waals surface area contributed by atoms with Crippen molar-refractivity contribution in [3.8, 4) is 17.1 Å². The van der Waals surface area contributed by atoms with E-state index in [0.717, 1.165) is 54.1 Å². The highest BCUT2D eigenvalue weighted by atomic mass is 16.5. The van der Waals surface area contributed by atoms with Gasteiger partial charge in [0.25, 0.3) is 0 Å². The summed E-state index contributed by atoms with van der Waals surface area (Å²) in [6, 6.07) is 13.6. The van der Waals surface area contributed by atoms with Crippen LogP contribution in [0.25, 0.3) is 11.4 Å². The number of nitrogens with one attached hydrogen (secondary N) is 1. The molecule has 2 aromatic carbocycles. The third-order valence-electron chi connectivity index (χ3n) is 5.84. The van der Waals surface area contributed by atoms with Gasteiger partial charge >= 0.3 is 0 Å². The first-order valence-electron chi connectivity index (χ1n) is 10.6. The van der Waals surface area contributed by atoms with Gasteiger partial charge in [-0.25, -0.2) is 0 Å². The van der Waals surface area contributed by atoms with Crippen molar-refractivity contribution in [3.05, 3.63) is 59.5 Å². The zero-order valence-electron chi connectivity index (χ0n) is 18.2. The molecule has 0 unspecified atom stereocenters. The first-order chi connectivity index (χ1) is 15.0. The summed E-state index contributed by atoms with van der Waals surface area (Å²) in [4.78, 5) is 19.3. The summed E-state index contributed by atoms with van der Waals surface area (Å²) in [6.07, 6.45) is 1.78. The van der Waals surface area contributed by atoms with Crippen molar-refractivity contribution in [3.63, 3.8) is 0 Å². The van der Waals surface area contributed by atoms with Crippen molar-refractivity contribution in [1.29, 1.82) is 0 Å². The number of anilines is 1. The fourth-order valence-electron chi connectivity index (χ4n) is 3.99. The van der Waals surface area contributed by atoms with E-state index in [1.807, 2.05) is 56.3 Å². The Morgan fingerprint density at radius 2 is 1.81 bits per heavy atom. The Balaban J connectivity index is 1.30. The van der Waals surface area contributed by atoms with Gasteiger partial charge in [-0.1, -0.05) is 23.4 Å². The largest absolute Gasteiger partial charge is 0.497 e. The normalized spacial score (nSPS) is 15.1. The average Bonchev–Trinajstić information content (AvgIpc) is 3.27. The van der Waals surface area contributed by atoms with Crippen LogP contribution in [0.15, 0.2) is 47.0 Å². The summed E-state index contributed by atoms with van der Waals surface area (Å²) in [7, 11) is 1.64. The van der Waals surface area contributed by atoms with E-state index in [-0.39, 0.29) is 11.8 Å². The molecule has 0 radical (unpaired) electrons. The summed E-state index contributed by atoms with van der Waals surface area (Å²) in [5.41, 5.74) is 3.97. The van der Waals surface area contributed by atoms with Crippen LogP contribution in [-0.4, -0.2) is 47.7 Å². The lowest BCUT2D eigenvalue weighted by atomic mass is 9.97. The van der Waals surface area contributed by atoms with Crippen LogP contribution in [-0.2, 0) is 4.79 Å². The number of hydrogen-bond acceptors (Lipinski definition) is 6. The molecular formula is C24H28N4O3. The van der Waals surface area contributed by atoms with Crippen molar-refractivity contribution in [2.75, 3.05) is 32.1 Å². The Morgan fingerprint density at radius 1 is 1.13 bits per heavy atom. The van der Waals surface area contributed by atoms with Gasteiger partial charge in [0.1, 0.15) is 5.75 Å². The second-order valence-corrected chi connectivity index (χ2v) is 8.05. The average molecular weight is 421 g/mol. The van der Waals surface area contributed by atoms with E-state index < -0.39 is 0 Å². The summed E-state index contributed by atoms with van der Waals surface area (Å²) >= 11 is 0. The van der Waals surface area contributed by atoms with E-state index in [9.17, 15) is 4.79 Å². The van der Waals surface area contributed by atoms with E-state index in [1.165, 1.54) is 0 Å². The minimum absolute atomic E-state index is 0.0235. The molecule has 2 heterocycles. The molecule has 0 atom stereocenters. The van der Waals surface area contributed by atoms with Crippen LogP contribution < -0.4 is 10.1 Å². The van der Waals surface area contributed by atoms with E-state index >= 15 is 0 Å². The maximum atomic E-state index is 12.5. The molecule has 1 fully saturated rings. The maximum absolute atomic E-state index is 12.5. The molecule has 1 amide bonds. The smallest absolute Gasteiger partial charge is 0.238 e. The van der Waals surface area contributed by atoms with Crippen molar-refractivity contribution >= 4 is 11.6 Å². The maximum Gasteiger partial charge on any atom is 0.238 e. The van der Waals surface area contributed by atoms with Crippen LogP contribution in [0.5, 0.6) is 5.75 Å². The SMILES string of the molecule is COc1ccc(-c2noc(C3CCN(CC(=O)Nc4c(C)cccc4C)CC3)n2)cc1. The van der Waals surface area contributed by atoms with Gasteiger partial charge in [-0.05, 0) is 75.2 Å². The number of methoxy groups -OCH3 is 1. The standard InChI is InChI=1S/C24H28N4O3/c1-16-5-4-6-17(2)22(16)25-21(29)15-28-13-11-19(12-14-28)24-26-23(27-31-24)18-7-9-20(30-3)10-8-18/h4-10,19H,11-15H2,1-3H3,(H,25,29). The molecule has 1 saturated heterocycles. The van der Waals surface area contributed by atoms with Crippen molar-refractivity contribution in [2.45, 2.75) is 32.6 Å². The summed E-state index contributed by atoms with van der Waals surface area (Å²) in [5.74, 6) is 2.30. The van der Waals surface area contributed by atoms with E-state index in [4.69, 9.17) is 9.26 Å². The van der Waals surface area contributed by atoms with Crippen LogP contribution in [0.1, 0.15) is 35.8 Å². The molecule has 1 aliphatic rings. The molecule has 7 heteroatoms. The number of carbonyl (C=O) groups excluding carboxylic acids is 1. The van der Waals surface area contributed by atoms with Crippen LogP contribution in [0, 0.1) is 13.8 Å². The first kappa shape index (κ1) is 21.1. The van der Waals surface area contributed by atoms with Crippen molar-refractivity contribution in [2.24, 2.45) is 0 Å². The Hall–Kier alpha value is -3.19. The van der Waals surface area contributed by atoms with Gasteiger partial charge in [0.15, 0.2) is 0 Å². The lowest BCUT2D eigenvalue weighted by Crippen LogP contribution is -2.39. The number of aryl methyl sites for hydroxylation is 2. The topological polar surface area (TPSA) is 80.5 Å². The number of rotatable bonds is 6. The number of piperidine rings is 1.